The smallest absolute Gasteiger partial charge is 0.416 e. The molecular weight excluding hydrogens is 461 g/mol. The molecule has 180 valence electrons. The zero-order chi connectivity index (χ0) is 25.4. The monoisotopic (exact) mass is 480 g/mol. The average molecular weight is 480 g/mol. The highest BCUT2D eigenvalue weighted by atomic mass is 19.4. The number of amides is 2. The summed E-state index contributed by atoms with van der Waals surface area (Å²) in [6.45, 7) is 0.723. The van der Waals surface area contributed by atoms with Gasteiger partial charge in [0.25, 0.3) is 11.6 Å². The van der Waals surface area contributed by atoms with Gasteiger partial charge in [0.15, 0.2) is 6.10 Å². The number of nitro benzene ring substituents is 1. The topological polar surface area (TPSA) is 122 Å². The van der Waals surface area contributed by atoms with E-state index in [0.29, 0.717) is 6.07 Å². The summed E-state index contributed by atoms with van der Waals surface area (Å²) < 4.78 is 44.1. The molecule has 0 saturated heterocycles. The molecule has 10 nitrogen and oxygen atoms in total. The summed E-state index contributed by atoms with van der Waals surface area (Å²) in [6, 6.07) is 6.16. The van der Waals surface area contributed by atoms with E-state index in [1.54, 1.807) is 14.1 Å². The number of nitrogens with zero attached hydrogens (tertiary/aromatic N) is 3. The van der Waals surface area contributed by atoms with Crippen molar-refractivity contribution in [3.8, 4) is 0 Å². The fourth-order valence-corrected chi connectivity index (χ4v) is 3.34. The molecule has 0 aromatic heterocycles. The Labute approximate surface area is 191 Å². The van der Waals surface area contributed by atoms with Crippen molar-refractivity contribution in [1.82, 2.24) is 0 Å². The second-order valence-corrected chi connectivity index (χ2v) is 7.60. The summed E-state index contributed by atoms with van der Waals surface area (Å²) >= 11 is 0. The second kappa shape index (κ2) is 9.00. The number of benzene rings is 2. The van der Waals surface area contributed by atoms with Gasteiger partial charge in [-0.05, 0) is 37.3 Å². The Hall–Kier alpha value is -4.16. The van der Waals surface area contributed by atoms with Crippen molar-refractivity contribution >= 4 is 40.5 Å². The van der Waals surface area contributed by atoms with E-state index in [0.717, 1.165) is 23.1 Å². The minimum absolute atomic E-state index is 0.00599. The highest BCUT2D eigenvalue weighted by Gasteiger charge is 2.36. The number of ether oxygens (including phenoxy) is 1. The lowest BCUT2D eigenvalue weighted by Gasteiger charge is -2.31. The summed E-state index contributed by atoms with van der Waals surface area (Å²) in [5, 5.41) is 13.6. The number of hydrogen-bond acceptors (Lipinski definition) is 7. The van der Waals surface area contributed by atoms with Crippen molar-refractivity contribution in [2.75, 3.05) is 35.8 Å². The Morgan fingerprint density at radius 1 is 1.21 bits per heavy atom. The molecule has 0 radical (unpaired) electrons. The summed E-state index contributed by atoms with van der Waals surface area (Å²) in [6.07, 6.45) is -6.10. The van der Waals surface area contributed by atoms with Crippen LogP contribution in [0.3, 0.4) is 0 Å². The van der Waals surface area contributed by atoms with Crippen molar-refractivity contribution in [3.63, 3.8) is 0 Å². The van der Waals surface area contributed by atoms with E-state index < -0.39 is 47.1 Å². The molecule has 1 unspecified atom stereocenters. The van der Waals surface area contributed by atoms with Crippen LogP contribution in [-0.2, 0) is 20.5 Å². The third kappa shape index (κ3) is 4.92. The first-order chi connectivity index (χ1) is 15.8. The molecule has 2 aromatic carbocycles. The fraction of sp³-hybridized carbons (Fsp3) is 0.286. The van der Waals surface area contributed by atoms with Crippen molar-refractivity contribution in [3.05, 3.63) is 57.6 Å². The molecule has 0 bridgehead atoms. The van der Waals surface area contributed by atoms with Crippen LogP contribution in [0.15, 0.2) is 36.4 Å². The molecule has 13 heteroatoms. The summed E-state index contributed by atoms with van der Waals surface area (Å²) in [4.78, 5) is 50.5. The molecule has 0 aliphatic carbocycles. The standard InChI is InChI=1S/C21H19F3N4O6/c1-11(34-20(31)12-4-6-16(26(2)3)17(8-12)28(32)33)19(30)27-10-18(29)25-14-9-13(21(22,23)24)5-7-15(14)27/h4-9,11H,10H2,1-3H3,(H,25,29). The first-order valence-corrected chi connectivity index (χ1v) is 9.79. The maximum absolute atomic E-state index is 13.0. The predicted octanol–water partition coefficient (Wildman–Crippen LogP) is 3.21. The van der Waals surface area contributed by atoms with Gasteiger partial charge in [-0.1, -0.05) is 0 Å². The molecule has 0 saturated carbocycles. The number of nitrogens with one attached hydrogen (secondary N) is 1. The predicted molar refractivity (Wildman–Crippen MR) is 115 cm³/mol. The van der Waals surface area contributed by atoms with E-state index >= 15 is 0 Å². The number of carbonyl (C=O) groups excluding carboxylic acids is 3. The number of carbonyl (C=O) groups is 3. The minimum Gasteiger partial charge on any atom is -0.449 e. The summed E-state index contributed by atoms with van der Waals surface area (Å²) in [5.41, 5.74) is -1.49. The number of anilines is 3. The number of esters is 1. The fourth-order valence-electron chi connectivity index (χ4n) is 3.34. The molecule has 0 spiro atoms. The lowest BCUT2D eigenvalue weighted by molar-refractivity contribution is -0.384. The number of rotatable bonds is 5. The first kappa shape index (κ1) is 24.5. The molecule has 3 rings (SSSR count). The number of hydrogen-bond donors (Lipinski definition) is 1. The maximum atomic E-state index is 13.0. The van der Waals surface area contributed by atoms with Gasteiger partial charge in [0.2, 0.25) is 5.91 Å². The maximum Gasteiger partial charge on any atom is 0.416 e. The van der Waals surface area contributed by atoms with E-state index in [1.807, 2.05) is 0 Å². The van der Waals surface area contributed by atoms with Gasteiger partial charge < -0.3 is 15.0 Å². The van der Waals surface area contributed by atoms with Gasteiger partial charge in [-0.25, -0.2) is 4.79 Å². The Morgan fingerprint density at radius 3 is 2.47 bits per heavy atom. The number of fused-ring (bicyclic) bond motifs is 1. The molecule has 34 heavy (non-hydrogen) atoms. The molecular formula is C21H19F3N4O6. The van der Waals surface area contributed by atoms with Crippen LogP contribution in [0.1, 0.15) is 22.8 Å². The van der Waals surface area contributed by atoms with Gasteiger partial charge in [0.1, 0.15) is 12.2 Å². The number of halogens is 3. The van der Waals surface area contributed by atoms with Gasteiger partial charge in [0, 0.05) is 20.2 Å². The number of alkyl halides is 3. The minimum atomic E-state index is -4.65. The third-order valence-electron chi connectivity index (χ3n) is 4.98. The van der Waals surface area contributed by atoms with Crippen molar-refractivity contribution in [1.29, 1.82) is 0 Å². The SMILES string of the molecule is CC(OC(=O)c1ccc(N(C)C)c([N+](=O)[O-])c1)C(=O)N1CC(=O)Nc2cc(C(F)(F)F)ccc21. The Balaban J connectivity index is 1.83. The van der Waals surface area contributed by atoms with E-state index in [1.165, 1.54) is 24.0 Å². The van der Waals surface area contributed by atoms with Crippen LogP contribution < -0.4 is 15.1 Å². The Morgan fingerprint density at radius 2 is 1.88 bits per heavy atom. The molecule has 1 heterocycles. The van der Waals surface area contributed by atoms with E-state index in [-0.39, 0.29) is 28.3 Å². The Kier molecular flexibility index (Phi) is 6.48. The van der Waals surface area contributed by atoms with Crippen molar-refractivity contribution in [2.45, 2.75) is 19.2 Å². The quantitative estimate of drug-likeness (QED) is 0.396. The molecule has 0 fully saturated rings. The van der Waals surface area contributed by atoms with Gasteiger partial charge >= 0.3 is 12.1 Å². The van der Waals surface area contributed by atoms with Gasteiger partial charge in [-0.15, -0.1) is 0 Å². The molecule has 1 N–H and O–H groups in total. The normalized spacial score (nSPS) is 14.1. The van der Waals surface area contributed by atoms with Crippen LogP contribution in [0.5, 0.6) is 0 Å². The largest absolute Gasteiger partial charge is 0.449 e. The van der Waals surface area contributed by atoms with Crippen LogP contribution >= 0.6 is 0 Å². The molecule has 1 atom stereocenters. The Bertz CT molecular complexity index is 1180. The lowest BCUT2D eigenvalue weighted by Crippen LogP contribution is -2.47. The molecule has 1 aliphatic rings. The van der Waals surface area contributed by atoms with Gasteiger partial charge in [-0.2, -0.15) is 13.2 Å². The van der Waals surface area contributed by atoms with Gasteiger partial charge in [0.05, 0.1) is 27.4 Å². The first-order valence-electron chi connectivity index (χ1n) is 9.79. The highest BCUT2D eigenvalue weighted by Crippen LogP contribution is 2.37. The highest BCUT2D eigenvalue weighted by molar-refractivity contribution is 6.11. The average Bonchev–Trinajstić information content (AvgIpc) is 2.76. The molecule has 2 aromatic rings. The van der Waals surface area contributed by atoms with Crippen LogP contribution in [-0.4, -0.2) is 49.5 Å². The second-order valence-electron chi connectivity index (χ2n) is 7.60. The van der Waals surface area contributed by atoms with Crippen LogP contribution in [0, 0.1) is 10.1 Å². The van der Waals surface area contributed by atoms with Gasteiger partial charge in [-0.3, -0.25) is 24.6 Å². The van der Waals surface area contributed by atoms with Crippen LogP contribution in [0.25, 0.3) is 0 Å². The number of nitro groups is 1. The summed E-state index contributed by atoms with van der Waals surface area (Å²) in [5.74, 6) is -2.61. The van der Waals surface area contributed by atoms with E-state index in [9.17, 15) is 37.7 Å². The molecule has 1 aliphatic heterocycles. The van der Waals surface area contributed by atoms with E-state index in [4.69, 9.17) is 4.74 Å². The van der Waals surface area contributed by atoms with Crippen LogP contribution in [0.2, 0.25) is 0 Å². The van der Waals surface area contributed by atoms with Crippen molar-refractivity contribution in [2.24, 2.45) is 0 Å². The third-order valence-corrected chi connectivity index (χ3v) is 4.98. The summed E-state index contributed by atoms with van der Waals surface area (Å²) in [7, 11) is 3.18. The van der Waals surface area contributed by atoms with Crippen LogP contribution in [0.4, 0.5) is 35.9 Å². The molecule has 2 amide bonds. The van der Waals surface area contributed by atoms with E-state index in [2.05, 4.69) is 5.32 Å². The van der Waals surface area contributed by atoms with Crippen molar-refractivity contribution < 1.29 is 37.2 Å². The zero-order valence-electron chi connectivity index (χ0n) is 18.2. The lowest BCUT2D eigenvalue weighted by atomic mass is 10.1. The zero-order valence-corrected chi connectivity index (χ0v) is 18.2.